The van der Waals surface area contributed by atoms with Crippen LogP contribution in [0.3, 0.4) is 0 Å². The first-order chi connectivity index (χ1) is 11.3. The van der Waals surface area contributed by atoms with Crippen molar-refractivity contribution in [1.29, 1.82) is 0 Å². The molecule has 0 aliphatic rings. The summed E-state index contributed by atoms with van der Waals surface area (Å²) >= 11 is 0. The molecule has 1 N–H and O–H groups in total. The molecule has 0 aliphatic heterocycles. The minimum Gasteiger partial charge on any atom is -0.489 e. The molecule has 2 aromatic rings. The number of nitrogens with zero attached hydrogens (tertiary/aromatic N) is 1. The Bertz CT molecular complexity index is 669. The lowest BCUT2D eigenvalue weighted by atomic mass is 10.0. The molecular formula is C18H20N2O3. The second kappa shape index (κ2) is 8.58. The largest absolute Gasteiger partial charge is 0.489 e. The van der Waals surface area contributed by atoms with E-state index in [-0.39, 0.29) is 11.6 Å². The third kappa shape index (κ3) is 4.57. The average Bonchev–Trinajstić information content (AvgIpc) is 2.61. The molecule has 0 unspecified atom stereocenters. The van der Waals surface area contributed by atoms with Crippen LogP contribution in [0.15, 0.2) is 59.8 Å². The number of carbonyl (C=O) groups excluding carboxylic acids is 1. The molecule has 0 saturated heterocycles. The molecule has 0 aliphatic carbocycles. The van der Waals surface area contributed by atoms with Gasteiger partial charge in [0.05, 0.1) is 0 Å². The highest BCUT2D eigenvalue weighted by molar-refractivity contribution is 6.45. The van der Waals surface area contributed by atoms with Crippen LogP contribution in [0.5, 0.6) is 5.75 Å². The van der Waals surface area contributed by atoms with Gasteiger partial charge in [-0.1, -0.05) is 47.6 Å². The summed E-state index contributed by atoms with van der Waals surface area (Å²) in [5, 5.41) is 6.53. The second-order valence-electron chi connectivity index (χ2n) is 4.70. The third-order valence-corrected chi connectivity index (χ3v) is 3.14. The Balaban J connectivity index is 2.26. The summed E-state index contributed by atoms with van der Waals surface area (Å²) in [5.41, 5.74) is 1.79. The van der Waals surface area contributed by atoms with E-state index in [4.69, 9.17) is 9.57 Å². The number of ether oxygens (including phenoxy) is 1. The van der Waals surface area contributed by atoms with Crippen molar-refractivity contribution in [3.05, 3.63) is 65.7 Å². The Morgan fingerprint density at radius 3 is 2.48 bits per heavy atom. The number of para-hydroxylation sites is 1. The number of amides is 1. The number of rotatable bonds is 7. The Morgan fingerprint density at radius 2 is 1.78 bits per heavy atom. The lowest BCUT2D eigenvalue weighted by Crippen LogP contribution is -2.29. The van der Waals surface area contributed by atoms with E-state index >= 15 is 0 Å². The predicted molar refractivity (Wildman–Crippen MR) is 89.4 cm³/mol. The highest BCUT2D eigenvalue weighted by Crippen LogP contribution is 2.16. The maximum Gasteiger partial charge on any atom is 0.273 e. The van der Waals surface area contributed by atoms with Gasteiger partial charge < -0.3 is 14.9 Å². The molecule has 0 radical (unpaired) electrons. The molecule has 0 fully saturated rings. The fourth-order valence-corrected chi connectivity index (χ4v) is 2.02. The Kier molecular flexibility index (Phi) is 6.17. The molecule has 0 heterocycles. The number of likely N-dealkylation sites (N-methyl/N-ethyl adjacent to an activating group) is 1. The van der Waals surface area contributed by atoms with E-state index in [1.165, 1.54) is 0 Å². The van der Waals surface area contributed by atoms with Gasteiger partial charge in [0.2, 0.25) is 0 Å². The molecule has 5 heteroatoms. The molecule has 0 saturated carbocycles. The van der Waals surface area contributed by atoms with Gasteiger partial charge in [-0.15, -0.1) is 0 Å². The number of nitrogens with one attached hydrogen (secondary N) is 1. The Labute approximate surface area is 135 Å². The zero-order chi connectivity index (χ0) is 16.5. The molecule has 1 amide bonds. The number of carbonyl (C=O) groups is 1. The topological polar surface area (TPSA) is 59.9 Å². The van der Waals surface area contributed by atoms with Crippen molar-refractivity contribution < 1.29 is 14.4 Å². The molecule has 5 nitrogen and oxygen atoms in total. The number of hydrogen-bond donors (Lipinski definition) is 1. The van der Waals surface area contributed by atoms with Crippen LogP contribution >= 0.6 is 0 Å². The smallest absolute Gasteiger partial charge is 0.273 e. The van der Waals surface area contributed by atoms with Gasteiger partial charge in [0.1, 0.15) is 19.0 Å². The van der Waals surface area contributed by atoms with Crippen LogP contribution in [-0.4, -0.2) is 25.3 Å². The minimum absolute atomic E-state index is 0.238. The van der Waals surface area contributed by atoms with Gasteiger partial charge in [-0.05, 0) is 24.6 Å². The third-order valence-electron chi connectivity index (χ3n) is 3.14. The van der Waals surface area contributed by atoms with Gasteiger partial charge in [-0.2, -0.15) is 0 Å². The lowest BCUT2D eigenvalue weighted by Gasteiger charge is -2.12. The van der Waals surface area contributed by atoms with Gasteiger partial charge in [-0.25, -0.2) is 0 Å². The van der Waals surface area contributed by atoms with Crippen LogP contribution in [0.4, 0.5) is 0 Å². The normalized spacial score (nSPS) is 11.0. The SMILES string of the molecule is CCON=C(C(=O)NC)c1ccccc1COc1ccccc1. The summed E-state index contributed by atoms with van der Waals surface area (Å²) in [6, 6.07) is 17.0. The van der Waals surface area contributed by atoms with E-state index in [1.807, 2.05) is 61.5 Å². The van der Waals surface area contributed by atoms with E-state index in [1.54, 1.807) is 7.05 Å². The average molecular weight is 312 g/mol. The van der Waals surface area contributed by atoms with Gasteiger partial charge in [-0.3, -0.25) is 4.79 Å². The van der Waals surface area contributed by atoms with Crippen molar-refractivity contribution in [2.75, 3.05) is 13.7 Å². The van der Waals surface area contributed by atoms with Crippen molar-refractivity contribution in [2.24, 2.45) is 5.16 Å². The number of benzene rings is 2. The van der Waals surface area contributed by atoms with E-state index in [0.717, 1.165) is 11.3 Å². The molecule has 2 rings (SSSR count). The molecule has 0 bridgehead atoms. The van der Waals surface area contributed by atoms with Crippen LogP contribution < -0.4 is 10.1 Å². The highest BCUT2D eigenvalue weighted by atomic mass is 16.6. The van der Waals surface area contributed by atoms with Gasteiger partial charge in [0.25, 0.3) is 5.91 Å². The molecule has 0 spiro atoms. The first-order valence-electron chi connectivity index (χ1n) is 7.44. The first kappa shape index (κ1) is 16.5. The minimum atomic E-state index is -0.300. The molecule has 2 aromatic carbocycles. The molecular weight excluding hydrogens is 292 g/mol. The molecule has 0 aromatic heterocycles. The van der Waals surface area contributed by atoms with E-state index in [0.29, 0.717) is 18.8 Å². The maximum absolute atomic E-state index is 12.1. The van der Waals surface area contributed by atoms with E-state index in [2.05, 4.69) is 10.5 Å². The monoisotopic (exact) mass is 312 g/mol. The van der Waals surface area contributed by atoms with E-state index < -0.39 is 0 Å². The summed E-state index contributed by atoms with van der Waals surface area (Å²) in [5.74, 6) is 0.469. The van der Waals surface area contributed by atoms with Crippen molar-refractivity contribution in [2.45, 2.75) is 13.5 Å². The second-order valence-corrected chi connectivity index (χ2v) is 4.70. The number of oxime groups is 1. The van der Waals surface area contributed by atoms with Gasteiger partial charge >= 0.3 is 0 Å². The van der Waals surface area contributed by atoms with E-state index in [9.17, 15) is 4.79 Å². The van der Waals surface area contributed by atoms with Crippen molar-refractivity contribution in [3.8, 4) is 5.75 Å². The van der Waals surface area contributed by atoms with Crippen molar-refractivity contribution in [3.63, 3.8) is 0 Å². The summed E-state index contributed by atoms with van der Waals surface area (Å²) in [7, 11) is 1.56. The summed E-state index contributed by atoms with van der Waals surface area (Å²) < 4.78 is 5.77. The van der Waals surface area contributed by atoms with Crippen LogP contribution in [0.2, 0.25) is 0 Å². The van der Waals surface area contributed by atoms with Crippen LogP contribution in [0.25, 0.3) is 0 Å². The standard InChI is InChI=1S/C18H20N2O3/c1-3-23-20-17(18(21)19-2)16-12-8-7-9-14(16)13-22-15-10-5-4-6-11-15/h4-12H,3,13H2,1-2H3,(H,19,21). The molecule has 120 valence electrons. The van der Waals surface area contributed by atoms with Crippen molar-refractivity contribution in [1.82, 2.24) is 5.32 Å². The fraction of sp³-hybridized carbons (Fsp3) is 0.222. The Morgan fingerprint density at radius 1 is 1.09 bits per heavy atom. The van der Waals surface area contributed by atoms with Crippen LogP contribution in [0.1, 0.15) is 18.1 Å². The summed E-state index contributed by atoms with van der Waals surface area (Å²) in [6.45, 7) is 2.54. The quantitative estimate of drug-likeness (QED) is 0.632. The summed E-state index contributed by atoms with van der Waals surface area (Å²) in [6.07, 6.45) is 0. The summed E-state index contributed by atoms with van der Waals surface area (Å²) in [4.78, 5) is 17.2. The zero-order valence-electron chi connectivity index (χ0n) is 13.3. The Hall–Kier alpha value is -2.82. The van der Waals surface area contributed by atoms with Crippen LogP contribution in [-0.2, 0) is 16.2 Å². The fourth-order valence-electron chi connectivity index (χ4n) is 2.02. The zero-order valence-corrected chi connectivity index (χ0v) is 13.3. The first-order valence-corrected chi connectivity index (χ1v) is 7.44. The van der Waals surface area contributed by atoms with Gasteiger partial charge in [0, 0.05) is 12.6 Å². The van der Waals surface area contributed by atoms with Gasteiger partial charge in [0.15, 0.2) is 5.71 Å². The van der Waals surface area contributed by atoms with Crippen LogP contribution in [0, 0.1) is 0 Å². The highest BCUT2D eigenvalue weighted by Gasteiger charge is 2.17. The molecule has 0 atom stereocenters. The maximum atomic E-state index is 12.1. The van der Waals surface area contributed by atoms with Crippen molar-refractivity contribution >= 4 is 11.6 Å². The molecule has 23 heavy (non-hydrogen) atoms. The predicted octanol–water partition coefficient (Wildman–Crippen LogP) is 2.75. The lowest BCUT2D eigenvalue weighted by molar-refractivity contribution is -0.114. The number of hydrogen-bond acceptors (Lipinski definition) is 4.